The molecule has 1 aliphatic rings. The minimum Gasteiger partial charge on any atom is -0.338 e. The third-order valence-electron chi connectivity index (χ3n) is 4.16. The summed E-state index contributed by atoms with van der Waals surface area (Å²) < 4.78 is 0. The summed E-state index contributed by atoms with van der Waals surface area (Å²) in [5.74, 6) is 0.793. The summed E-state index contributed by atoms with van der Waals surface area (Å²) in [6, 6.07) is 4.29. The molecule has 3 nitrogen and oxygen atoms in total. The molecule has 0 bridgehead atoms. The minimum atomic E-state index is 0.141. The molecule has 2 N–H and O–H groups in total. The molecule has 18 heavy (non-hydrogen) atoms. The van der Waals surface area contributed by atoms with Crippen molar-refractivity contribution in [1.29, 1.82) is 0 Å². The molecule has 4 heteroatoms. The van der Waals surface area contributed by atoms with Crippen LogP contribution in [0.25, 0.3) is 0 Å². The molecule has 1 saturated carbocycles. The van der Waals surface area contributed by atoms with E-state index in [1.54, 1.807) is 11.3 Å². The molecule has 1 aromatic rings. The van der Waals surface area contributed by atoms with E-state index in [1.807, 2.05) is 18.0 Å². The number of thiophene rings is 1. The van der Waals surface area contributed by atoms with E-state index in [9.17, 15) is 4.79 Å². The molecule has 1 heterocycles. The standard InChI is InChI=1S/C14H22N2OS/c1-10(13-7-4-8-18-13)16(2)14(17)12-6-3-5-11(12)9-15/h4,7-8,10-12H,3,5-6,9,15H2,1-2H3/t10?,11-,12-/m1/s1. The van der Waals surface area contributed by atoms with Crippen molar-refractivity contribution in [2.75, 3.05) is 13.6 Å². The smallest absolute Gasteiger partial charge is 0.226 e. The van der Waals surface area contributed by atoms with E-state index in [0.717, 1.165) is 19.3 Å². The molecule has 0 radical (unpaired) electrons. The highest BCUT2D eigenvalue weighted by Crippen LogP contribution is 2.34. The van der Waals surface area contributed by atoms with Gasteiger partial charge in [0.25, 0.3) is 0 Å². The van der Waals surface area contributed by atoms with E-state index < -0.39 is 0 Å². The van der Waals surface area contributed by atoms with Crippen LogP contribution in [-0.2, 0) is 4.79 Å². The maximum absolute atomic E-state index is 12.5. The molecule has 0 saturated heterocycles. The van der Waals surface area contributed by atoms with Gasteiger partial charge in [0, 0.05) is 17.8 Å². The fourth-order valence-electron chi connectivity index (χ4n) is 2.82. The van der Waals surface area contributed by atoms with Gasteiger partial charge in [0.05, 0.1) is 6.04 Å². The van der Waals surface area contributed by atoms with Crippen LogP contribution < -0.4 is 5.73 Å². The molecule has 100 valence electrons. The molecule has 0 spiro atoms. The fraction of sp³-hybridized carbons (Fsp3) is 0.643. The lowest BCUT2D eigenvalue weighted by Gasteiger charge is -2.29. The normalized spacial score (nSPS) is 25.1. The first-order valence-corrected chi connectivity index (χ1v) is 7.53. The van der Waals surface area contributed by atoms with E-state index >= 15 is 0 Å². The molecule has 1 aliphatic carbocycles. The van der Waals surface area contributed by atoms with Crippen LogP contribution in [-0.4, -0.2) is 24.4 Å². The maximum Gasteiger partial charge on any atom is 0.226 e. The number of hydrogen-bond acceptors (Lipinski definition) is 3. The molecule has 1 unspecified atom stereocenters. The SMILES string of the molecule is CC(c1cccs1)N(C)C(=O)[C@@H]1CCC[C@@H]1CN. The van der Waals surface area contributed by atoms with Gasteiger partial charge in [0.15, 0.2) is 0 Å². The Labute approximate surface area is 113 Å². The lowest BCUT2D eigenvalue weighted by atomic mass is 9.94. The van der Waals surface area contributed by atoms with Crippen LogP contribution in [0, 0.1) is 11.8 Å². The van der Waals surface area contributed by atoms with Gasteiger partial charge in [0.1, 0.15) is 0 Å². The average Bonchev–Trinajstić information content (AvgIpc) is 3.05. The van der Waals surface area contributed by atoms with Crippen molar-refractivity contribution in [2.45, 2.75) is 32.2 Å². The summed E-state index contributed by atoms with van der Waals surface area (Å²) in [6.45, 7) is 2.73. The molecular weight excluding hydrogens is 244 g/mol. The number of carbonyl (C=O) groups excluding carboxylic acids is 1. The van der Waals surface area contributed by atoms with Crippen molar-refractivity contribution in [3.63, 3.8) is 0 Å². The predicted molar refractivity (Wildman–Crippen MR) is 75.4 cm³/mol. The zero-order valence-corrected chi connectivity index (χ0v) is 12.0. The van der Waals surface area contributed by atoms with Gasteiger partial charge < -0.3 is 10.6 Å². The van der Waals surface area contributed by atoms with E-state index in [-0.39, 0.29) is 17.9 Å². The second kappa shape index (κ2) is 5.85. The monoisotopic (exact) mass is 266 g/mol. The molecule has 2 rings (SSSR count). The Morgan fingerprint density at radius 3 is 3.00 bits per heavy atom. The summed E-state index contributed by atoms with van der Waals surface area (Å²) in [4.78, 5) is 15.7. The Morgan fingerprint density at radius 2 is 2.39 bits per heavy atom. The first kappa shape index (κ1) is 13.6. The van der Waals surface area contributed by atoms with Gasteiger partial charge >= 0.3 is 0 Å². The van der Waals surface area contributed by atoms with Crippen LogP contribution in [0.2, 0.25) is 0 Å². The average molecular weight is 266 g/mol. The van der Waals surface area contributed by atoms with Crippen LogP contribution in [0.1, 0.15) is 37.1 Å². The quantitative estimate of drug-likeness (QED) is 0.910. The topological polar surface area (TPSA) is 46.3 Å². The second-order valence-electron chi connectivity index (χ2n) is 5.17. The Morgan fingerprint density at radius 1 is 1.61 bits per heavy atom. The minimum absolute atomic E-state index is 0.141. The Balaban J connectivity index is 2.04. The Bertz CT molecular complexity index is 391. The number of rotatable bonds is 4. The summed E-state index contributed by atoms with van der Waals surface area (Å²) >= 11 is 1.71. The number of nitrogens with two attached hydrogens (primary N) is 1. The van der Waals surface area contributed by atoms with Crippen molar-refractivity contribution in [3.8, 4) is 0 Å². The van der Waals surface area contributed by atoms with Crippen LogP contribution in [0.15, 0.2) is 17.5 Å². The van der Waals surface area contributed by atoms with Crippen molar-refractivity contribution >= 4 is 17.2 Å². The fourth-order valence-corrected chi connectivity index (χ4v) is 3.64. The molecular formula is C14H22N2OS. The van der Waals surface area contributed by atoms with Crippen molar-refractivity contribution in [2.24, 2.45) is 17.6 Å². The van der Waals surface area contributed by atoms with E-state index in [4.69, 9.17) is 5.73 Å². The first-order chi connectivity index (χ1) is 8.65. The second-order valence-corrected chi connectivity index (χ2v) is 6.15. The molecule has 1 amide bonds. The van der Waals surface area contributed by atoms with E-state index in [1.165, 1.54) is 4.88 Å². The van der Waals surface area contributed by atoms with E-state index in [2.05, 4.69) is 18.4 Å². The first-order valence-electron chi connectivity index (χ1n) is 6.65. The van der Waals surface area contributed by atoms with Crippen molar-refractivity contribution in [3.05, 3.63) is 22.4 Å². The molecule has 0 aromatic carbocycles. The van der Waals surface area contributed by atoms with Gasteiger partial charge in [-0.15, -0.1) is 11.3 Å². The van der Waals surface area contributed by atoms with Crippen LogP contribution in [0.4, 0.5) is 0 Å². The number of amides is 1. The van der Waals surface area contributed by atoms with Gasteiger partial charge in [-0.25, -0.2) is 0 Å². The number of carbonyl (C=O) groups is 1. The van der Waals surface area contributed by atoms with E-state index in [0.29, 0.717) is 12.5 Å². The molecule has 0 aliphatic heterocycles. The van der Waals surface area contributed by atoms with Gasteiger partial charge in [-0.2, -0.15) is 0 Å². The predicted octanol–water partition coefficient (Wildman–Crippen LogP) is 2.64. The Hall–Kier alpha value is -0.870. The number of nitrogens with zero attached hydrogens (tertiary/aromatic N) is 1. The lowest BCUT2D eigenvalue weighted by molar-refractivity contribution is -0.137. The van der Waals surface area contributed by atoms with Crippen LogP contribution in [0.5, 0.6) is 0 Å². The van der Waals surface area contributed by atoms with Crippen LogP contribution >= 0.6 is 11.3 Å². The summed E-state index contributed by atoms with van der Waals surface area (Å²) in [5.41, 5.74) is 5.76. The van der Waals surface area contributed by atoms with Gasteiger partial charge in [-0.1, -0.05) is 12.5 Å². The highest BCUT2D eigenvalue weighted by Gasteiger charge is 2.35. The highest BCUT2D eigenvalue weighted by molar-refractivity contribution is 7.10. The molecule has 1 fully saturated rings. The van der Waals surface area contributed by atoms with Crippen molar-refractivity contribution < 1.29 is 4.79 Å². The summed E-state index contributed by atoms with van der Waals surface area (Å²) in [6.07, 6.45) is 3.25. The number of hydrogen-bond donors (Lipinski definition) is 1. The third kappa shape index (κ3) is 2.59. The zero-order valence-electron chi connectivity index (χ0n) is 11.1. The summed E-state index contributed by atoms with van der Waals surface area (Å²) in [7, 11) is 1.92. The largest absolute Gasteiger partial charge is 0.338 e. The van der Waals surface area contributed by atoms with Gasteiger partial charge in [-0.05, 0) is 43.7 Å². The van der Waals surface area contributed by atoms with Gasteiger partial charge in [-0.3, -0.25) is 4.79 Å². The highest BCUT2D eigenvalue weighted by atomic mass is 32.1. The lowest BCUT2D eigenvalue weighted by Crippen LogP contribution is -2.37. The molecule has 3 atom stereocenters. The van der Waals surface area contributed by atoms with Gasteiger partial charge in [0.2, 0.25) is 5.91 Å². The maximum atomic E-state index is 12.5. The zero-order chi connectivity index (χ0) is 13.1. The molecule has 1 aromatic heterocycles. The third-order valence-corrected chi connectivity index (χ3v) is 5.21. The summed E-state index contributed by atoms with van der Waals surface area (Å²) in [5, 5.41) is 2.06. The Kier molecular flexibility index (Phi) is 4.40. The van der Waals surface area contributed by atoms with Crippen LogP contribution in [0.3, 0.4) is 0 Å². The van der Waals surface area contributed by atoms with Crippen molar-refractivity contribution in [1.82, 2.24) is 4.90 Å².